The maximum Gasteiger partial charge on any atom is 0.407 e. The van der Waals surface area contributed by atoms with Crippen molar-refractivity contribution in [1.82, 2.24) is 20.9 Å². The number of rotatable bonds is 4. The van der Waals surface area contributed by atoms with E-state index in [2.05, 4.69) is 20.9 Å². The van der Waals surface area contributed by atoms with Crippen molar-refractivity contribution in [2.45, 2.75) is 26.0 Å². The lowest BCUT2D eigenvalue weighted by atomic mass is 10.00. The predicted molar refractivity (Wildman–Crippen MR) is 81.9 cm³/mol. The number of aromatic nitrogens is 1. The molecule has 0 radical (unpaired) electrons. The van der Waals surface area contributed by atoms with Crippen molar-refractivity contribution < 1.29 is 23.5 Å². The summed E-state index contributed by atoms with van der Waals surface area (Å²) in [4.78, 5) is 38.8. The molecule has 1 fully saturated rings. The van der Waals surface area contributed by atoms with Gasteiger partial charge in [0.05, 0.1) is 0 Å². The number of hydrogen-bond donors (Lipinski definition) is 3. The van der Waals surface area contributed by atoms with Crippen molar-refractivity contribution >= 4 is 29.1 Å². The Morgan fingerprint density at radius 1 is 1.42 bits per heavy atom. The van der Waals surface area contributed by atoms with Gasteiger partial charge in [0.25, 0.3) is 5.91 Å². The van der Waals surface area contributed by atoms with Gasteiger partial charge in [-0.1, -0.05) is 0 Å². The molecule has 1 aliphatic rings. The number of furan rings is 1. The van der Waals surface area contributed by atoms with Gasteiger partial charge in [-0.15, -0.1) is 0 Å². The molecule has 1 unspecified atom stereocenters. The van der Waals surface area contributed by atoms with E-state index in [1.165, 1.54) is 0 Å². The second-order valence-corrected chi connectivity index (χ2v) is 5.48. The second-order valence-electron chi connectivity index (χ2n) is 5.48. The van der Waals surface area contributed by atoms with Crippen LogP contribution in [0.4, 0.5) is 9.59 Å². The lowest BCUT2D eigenvalue weighted by molar-refractivity contribution is -0.124. The van der Waals surface area contributed by atoms with Crippen molar-refractivity contribution in [3.8, 4) is 0 Å². The molecule has 9 nitrogen and oxygen atoms in total. The summed E-state index contributed by atoms with van der Waals surface area (Å²) in [7, 11) is 0. The molecule has 2 aromatic heterocycles. The molecule has 3 N–H and O–H groups in total. The summed E-state index contributed by atoms with van der Waals surface area (Å²) in [5.41, 5.74) is 0.314. The third-order valence-corrected chi connectivity index (χ3v) is 3.65. The highest BCUT2D eigenvalue weighted by molar-refractivity contribution is 6.07. The van der Waals surface area contributed by atoms with E-state index in [1.54, 1.807) is 32.2 Å². The van der Waals surface area contributed by atoms with Crippen LogP contribution in [0.3, 0.4) is 0 Å². The minimum atomic E-state index is -1.28. The molecule has 0 bridgehead atoms. The zero-order chi connectivity index (χ0) is 17.3. The molecule has 24 heavy (non-hydrogen) atoms. The Morgan fingerprint density at radius 3 is 2.88 bits per heavy atom. The third kappa shape index (κ3) is 2.75. The first kappa shape index (κ1) is 15.8. The lowest BCUT2D eigenvalue weighted by Gasteiger charge is -2.16. The van der Waals surface area contributed by atoms with E-state index in [9.17, 15) is 14.4 Å². The number of imide groups is 1. The predicted octanol–water partition coefficient (Wildman–Crippen LogP) is 1.13. The zero-order valence-corrected chi connectivity index (χ0v) is 13.1. The van der Waals surface area contributed by atoms with Gasteiger partial charge in [0.1, 0.15) is 17.9 Å². The van der Waals surface area contributed by atoms with E-state index >= 15 is 0 Å². The van der Waals surface area contributed by atoms with E-state index < -0.39 is 23.6 Å². The van der Waals surface area contributed by atoms with Gasteiger partial charge in [-0.3, -0.25) is 15.1 Å². The SMILES string of the molecule is CCNC(=O)OCc1cnc2cc(C3(C)NC(=O)NC3=O)oc2c1. The van der Waals surface area contributed by atoms with Crippen LogP contribution in [0.25, 0.3) is 11.1 Å². The highest BCUT2D eigenvalue weighted by Crippen LogP contribution is 2.29. The summed E-state index contributed by atoms with van der Waals surface area (Å²) in [5, 5.41) is 7.22. The minimum absolute atomic E-state index is 0.0410. The number of ether oxygens (including phenoxy) is 1. The lowest BCUT2D eigenvalue weighted by Crippen LogP contribution is -2.40. The quantitative estimate of drug-likeness (QED) is 0.721. The first-order valence-electron chi connectivity index (χ1n) is 7.35. The third-order valence-electron chi connectivity index (χ3n) is 3.65. The molecule has 1 saturated heterocycles. The monoisotopic (exact) mass is 332 g/mol. The van der Waals surface area contributed by atoms with E-state index in [0.717, 1.165) is 0 Å². The summed E-state index contributed by atoms with van der Waals surface area (Å²) >= 11 is 0. The molecular formula is C15H16N4O5. The van der Waals surface area contributed by atoms with Crippen LogP contribution in [0, 0.1) is 0 Å². The van der Waals surface area contributed by atoms with Crippen molar-refractivity contribution in [2.24, 2.45) is 0 Å². The molecule has 0 spiro atoms. The molecule has 0 saturated carbocycles. The molecule has 3 heterocycles. The minimum Gasteiger partial charge on any atom is -0.456 e. The molecule has 9 heteroatoms. The highest BCUT2D eigenvalue weighted by atomic mass is 16.5. The molecule has 126 valence electrons. The van der Waals surface area contributed by atoms with Crippen molar-refractivity contribution in [2.75, 3.05) is 6.54 Å². The number of fused-ring (bicyclic) bond motifs is 1. The Bertz CT molecular complexity index is 830. The number of alkyl carbamates (subject to hydrolysis) is 1. The second kappa shape index (κ2) is 5.84. The molecule has 4 amide bonds. The maximum atomic E-state index is 12.0. The topological polar surface area (TPSA) is 123 Å². The van der Waals surface area contributed by atoms with Gasteiger partial charge in [0, 0.05) is 24.4 Å². The summed E-state index contributed by atoms with van der Waals surface area (Å²) in [6, 6.07) is 2.69. The fraction of sp³-hybridized carbons (Fsp3) is 0.333. The van der Waals surface area contributed by atoms with Gasteiger partial charge in [-0.25, -0.2) is 9.59 Å². The van der Waals surface area contributed by atoms with Crippen LogP contribution in [-0.2, 0) is 21.7 Å². The first-order valence-corrected chi connectivity index (χ1v) is 7.35. The molecule has 0 aliphatic carbocycles. The van der Waals surface area contributed by atoms with Gasteiger partial charge >= 0.3 is 12.1 Å². The van der Waals surface area contributed by atoms with Crippen LogP contribution in [0.15, 0.2) is 22.7 Å². The van der Waals surface area contributed by atoms with Gasteiger partial charge in [0.15, 0.2) is 11.1 Å². The molecule has 1 aliphatic heterocycles. The van der Waals surface area contributed by atoms with Crippen LogP contribution in [0.1, 0.15) is 25.2 Å². The summed E-state index contributed by atoms with van der Waals surface area (Å²) in [6.07, 6.45) is 1.03. The Balaban J connectivity index is 1.83. The summed E-state index contributed by atoms with van der Waals surface area (Å²) < 4.78 is 10.7. The fourth-order valence-corrected chi connectivity index (χ4v) is 2.34. The largest absolute Gasteiger partial charge is 0.456 e. The highest BCUT2D eigenvalue weighted by Gasteiger charge is 2.46. The van der Waals surface area contributed by atoms with Crippen molar-refractivity contribution in [1.29, 1.82) is 0 Å². The summed E-state index contributed by atoms with van der Waals surface area (Å²) in [6.45, 7) is 3.85. The van der Waals surface area contributed by atoms with E-state index in [0.29, 0.717) is 23.2 Å². The Morgan fingerprint density at radius 2 is 2.21 bits per heavy atom. The number of hydrogen-bond acceptors (Lipinski definition) is 6. The van der Waals surface area contributed by atoms with E-state index in [4.69, 9.17) is 9.15 Å². The van der Waals surface area contributed by atoms with Crippen LogP contribution in [-0.4, -0.2) is 29.6 Å². The first-order chi connectivity index (χ1) is 11.4. The normalized spacial score (nSPS) is 19.9. The number of carbonyl (C=O) groups excluding carboxylic acids is 3. The smallest absolute Gasteiger partial charge is 0.407 e. The number of carbonyl (C=O) groups is 3. The molecule has 3 rings (SSSR count). The van der Waals surface area contributed by atoms with Crippen LogP contribution >= 0.6 is 0 Å². The molecule has 1 atom stereocenters. The van der Waals surface area contributed by atoms with Crippen LogP contribution in [0.5, 0.6) is 0 Å². The number of nitrogens with one attached hydrogen (secondary N) is 3. The number of pyridine rings is 1. The van der Waals surface area contributed by atoms with E-state index in [-0.39, 0.29) is 12.4 Å². The molecular weight excluding hydrogens is 316 g/mol. The average Bonchev–Trinajstić information content (AvgIpc) is 3.07. The Labute approximate surface area is 136 Å². The maximum absolute atomic E-state index is 12.0. The fourth-order valence-electron chi connectivity index (χ4n) is 2.34. The Kier molecular flexibility index (Phi) is 3.84. The molecule has 2 aromatic rings. The van der Waals surface area contributed by atoms with Crippen LogP contribution in [0.2, 0.25) is 0 Å². The van der Waals surface area contributed by atoms with Crippen molar-refractivity contribution in [3.63, 3.8) is 0 Å². The Hall–Kier alpha value is -3.10. The molecule has 0 aromatic carbocycles. The van der Waals surface area contributed by atoms with E-state index in [1.807, 2.05) is 0 Å². The average molecular weight is 332 g/mol. The number of amides is 4. The number of urea groups is 1. The van der Waals surface area contributed by atoms with Gasteiger partial charge in [-0.05, 0) is 19.9 Å². The number of nitrogens with zero attached hydrogens (tertiary/aromatic N) is 1. The van der Waals surface area contributed by atoms with Gasteiger partial charge < -0.3 is 19.8 Å². The standard InChI is InChI=1S/C15H16N4O5/c1-3-16-14(22)23-7-8-4-10-9(17-6-8)5-11(24-10)15(2)12(20)18-13(21)19-15/h4-6H,3,7H2,1-2H3,(H,16,22)(H2,18,19,20,21). The zero-order valence-electron chi connectivity index (χ0n) is 13.1. The van der Waals surface area contributed by atoms with Crippen molar-refractivity contribution in [3.05, 3.63) is 29.7 Å². The van der Waals surface area contributed by atoms with Crippen LogP contribution < -0.4 is 16.0 Å². The summed E-state index contributed by atoms with van der Waals surface area (Å²) in [5.74, 6) is -0.221. The van der Waals surface area contributed by atoms with Gasteiger partial charge in [0.2, 0.25) is 0 Å². The van der Waals surface area contributed by atoms with Gasteiger partial charge in [-0.2, -0.15) is 0 Å².